The number of carbonyl (C=O) groups excluding carboxylic acids is 1. The molecule has 2 aromatic heterocycles. The molecule has 13 nitrogen and oxygen atoms in total. The van der Waals surface area contributed by atoms with Gasteiger partial charge in [-0.2, -0.15) is 4.31 Å². The second kappa shape index (κ2) is 11.8. The van der Waals surface area contributed by atoms with Gasteiger partial charge in [0.25, 0.3) is 15.9 Å². The summed E-state index contributed by atoms with van der Waals surface area (Å²) in [6.45, 7) is 8.79. The van der Waals surface area contributed by atoms with Crippen LogP contribution in [-0.2, 0) is 10.0 Å². The first-order chi connectivity index (χ1) is 19.5. The fourth-order valence-electron chi connectivity index (χ4n) is 5.47. The van der Waals surface area contributed by atoms with Crippen LogP contribution in [0.25, 0.3) is 10.9 Å². The molecule has 220 valence electrons. The Hall–Kier alpha value is -3.40. The predicted molar refractivity (Wildman–Crippen MR) is 156 cm³/mol. The van der Waals surface area contributed by atoms with Gasteiger partial charge in [0.15, 0.2) is 9.34 Å². The molecule has 3 aromatic rings. The van der Waals surface area contributed by atoms with Crippen molar-refractivity contribution in [2.24, 2.45) is 0 Å². The molecular formula is C26H34N8O5S2. The van der Waals surface area contributed by atoms with Crippen LogP contribution in [0.4, 0.5) is 15.7 Å². The third-order valence-corrected chi connectivity index (χ3v) is 11.1. The Balaban J connectivity index is 1.22. The smallest absolute Gasteiger partial charge is 0.410 e. The largest absolute Gasteiger partial charge is 0.465 e. The first kappa shape index (κ1) is 29.1. The number of para-hydroxylation sites is 1. The average molecular weight is 603 g/mol. The third kappa shape index (κ3) is 6.12. The molecule has 5 rings (SSSR count). The van der Waals surface area contributed by atoms with Gasteiger partial charge in [-0.1, -0.05) is 17.4 Å². The topological polar surface area (TPSA) is 161 Å². The number of nitrogens with one attached hydrogen (secondary N) is 2. The zero-order valence-electron chi connectivity index (χ0n) is 23.2. The minimum absolute atomic E-state index is 0.00554. The molecule has 41 heavy (non-hydrogen) atoms. The quantitative estimate of drug-likeness (QED) is 0.350. The molecule has 0 saturated carbocycles. The number of benzene rings is 1. The molecule has 0 spiro atoms. The lowest BCUT2D eigenvalue weighted by Crippen LogP contribution is -2.50. The van der Waals surface area contributed by atoms with Gasteiger partial charge in [-0.05, 0) is 45.7 Å². The summed E-state index contributed by atoms with van der Waals surface area (Å²) in [6.07, 6.45) is 2.20. The molecule has 0 bridgehead atoms. The van der Waals surface area contributed by atoms with Crippen LogP contribution in [0.3, 0.4) is 0 Å². The summed E-state index contributed by atoms with van der Waals surface area (Å²) >= 11 is 0.820. The SMILES string of the molecule is Cc1nc(NC(=O)O)sc1S(=O)(=O)N1CCN(C[C@H](C)Nc2ncnc3c(C(=O)N4CCC[C@@H]4C)cccc23)CC1. The number of hydrogen-bond acceptors (Lipinski definition) is 10. The van der Waals surface area contributed by atoms with Crippen LogP contribution >= 0.6 is 11.3 Å². The van der Waals surface area contributed by atoms with E-state index < -0.39 is 16.1 Å². The Labute approximate surface area is 242 Å². The fourth-order valence-corrected chi connectivity index (χ4v) is 8.43. The van der Waals surface area contributed by atoms with Crippen molar-refractivity contribution in [3.8, 4) is 0 Å². The Morgan fingerprint density at radius 1 is 1.17 bits per heavy atom. The van der Waals surface area contributed by atoms with E-state index in [0.29, 0.717) is 49.6 Å². The normalized spacial score (nSPS) is 19.4. The van der Waals surface area contributed by atoms with Crippen molar-refractivity contribution in [2.45, 2.75) is 49.9 Å². The third-order valence-electron chi connectivity index (χ3n) is 7.50. The van der Waals surface area contributed by atoms with E-state index in [1.165, 1.54) is 10.6 Å². The maximum Gasteiger partial charge on any atom is 0.410 e. The van der Waals surface area contributed by atoms with E-state index in [4.69, 9.17) is 5.11 Å². The van der Waals surface area contributed by atoms with Crippen molar-refractivity contribution in [1.29, 1.82) is 0 Å². The lowest BCUT2D eigenvalue weighted by molar-refractivity contribution is 0.0749. The zero-order chi connectivity index (χ0) is 29.3. The Morgan fingerprint density at radius 2 is 1.93 bits per heavy atom. The van der Waals surface area contributed by atoms with Gasteiger partial charge in [0.1, 0.15) is 12.1 Å². The number of carboxylic acid groups (broad SMARTS) is 1. The first-order valence-electron chi connectivity index (χ1n) is 13.6. The van der Waals surface area contributed by atoms with Gasteiger partial charge in [0.05, 0.1) is 16.8 Å². The van der Waals surface area contributed by atoms with Crippen LogP contribution in [0.5, 0.6) is 0 Å². The number of rotatable bonds is 8. The van der Waals surface area contributed by atoms with E-state index in [-0.39, 0.29) is 33.0 Å². The van der Waals surface area contributed by atoms with Crippen molar-refractivity contribution >= 4 is 55.2 Å². The van der Waals surface area contributed by atoms with Crippen LogP contribution < -0.4 is 10.6 Å². The highest BCUT2D eigenvalue weighted by molar-refractivity contribution is 7.91. The van der Waals surface area contributed by atoms with Crippen molar-refractivity contribution in [3.63, 3.8) is 0 Å². The summed E-state index contributed by atoms with van der Waals surface area (Å²) in [5.74, 6) is 0.647. The molecule has 1 aromatic carbocycles. The van der Waals surface area contributed by atoms with Gasteiger partial charge >= 0.3 is 6.09 Å². The maximum atomic E-state index is 13.3. The minimum Gasteiger partial charge on any atom is -0.465 e. The van der Waals surface area contributed by atoms with Crippen LogP contribution in [0.1, 0.15) is 42.7 Å². The molecule has 2 amide bonds. The number of piperazine rings is 1. The second-order valence-corrected chi connectivity index (χ2v) is 13.6. The molecule has 2 atom stereocenters. The van der Waals surface area contributed by atoms with Gasteiger partial charge < -0.3 is 15.3 Å². The van der Waals surface area contributed by atoms with Crippen molar-refractivity contribution < 1.29 is 23.1 Å². The Morgan fingerprint density at radius 3 is 2.61 bits per heavy atom. The van der Waals surface area contributed by atoms with Gasteiger partial charge in [0, 0.05) is 56.7 Å². The van der Waals surface area contributed by atoms with Crippen molar-refractivity contribution in [2.75, 3.05) is 49.9 Å². The minimum atomic E-state index is -3.79. The standard InChI is InChI=1S/C26H34N8O5S2/c1-16(14-32-10-12-33(13-11-32)41(38,39)24-18(3)30-25(40-24)31-26(36)37)29-22-19-7-4-8-20(21(19)27-15-28-22)23(35)34-9-5-6-17(34)2/h4,7-8,15-17H,5-6,9-14H2,1-3H3,(H,30,31)(H,36,37)(H,27,28,29)/t16-,17-/m0/s1. The number of nitrogens with zero attached hydrogens (tertiary/aromatic N) is 6. The number of aromatic nitrogens is 3. The summed E-state index contributed by atoms with van der Waals surface area (Å²) in [5, 5.41) is 15.3. The molecule has 2 aliphatic heterocycles. The van der Waals surface area contributed by atoms with Crippen LogP contribution in [-0.4, -0.2) is 106 Å². The Bertz CT molecular complexity index is 1550. The van der Waals surface area contributed by atoms with Gasteiger partial charge in [-0.25, -0.2) is 28.2 Å². The number of sulfonamides is 1. The number of hydrogen-bond donors (Lipinski definition) is 3. The molecule has 2 aliphatic rings. The molecule has 15 heteroatoms. The molecule has 4 heterocycles. The summed E-state index contributed by atoms with van der Waals surface area (Å²) in [5.41, 5.74) is 1.48. The molecule has 0 radical (unpaired) electrons. The lowest BCUT2D eigenvalue weighted by atomic mass is 10.1. The van der Waals surface area contributed by atoms with E-state index in [1.54, 1.807) is 6.92 Å². The molecule has 2 saturated heterocycles. The predicted octanol–water partition coefficient (Wildman–Crippen LogP) is 2.92. The summed E-state index contributed by atoms with van der Waals surface area (Å²) in [6, 6.07) is 5.80. The van der Waals surface area contributed by atoms with E-state index in [2.05, 4.69) is 37.4 Å². The molecular weight excluding hydrogens is 568 g/mol. The van der Waals surface area contributed by atoms with Crippen LogP contribution in [0.15, 0.2) is 28.7 Å². The zero-order valence-corrected chi connectivity index (χ0v) is 24.8. The second-order valence-electron chi connectivity index (χ2n) is 10.5. The molecule has 2 fully saturated rings. The van der Waals surface area contributed by atoms with E-state index in [1.807, 2.05) is 30.0 Å². The van der Waals surface area contributed by atoms with E-state index >= 15 is 0 Å². The number of amides is 2. The number of aryl methyl sites for hydroxylation is 1. The fraction of sp³-hybridized carbons (Fsp3) is 0.500. The highest BCUT2D eigenvalue weighted by atomic mass is 32.2. The average Bonchev–Trinajstić information content (AvgIpc) is 3.53. The van der Waals surface area contributed by atoms with Crippen LogP contribution in [0.2, 0.25) is 0 Å². The van der Waals surface area contributed by atoms with Gasteiger partial charge in [0.2, 0.25) is 0 Å². The van der Waals surface area contributed by atoms with Crippen molar-refractivity contribution in [3.05, 3.63) is 35.8 Å². The van der Waals surface area contributed by atoms with Gasteiger partial charge in [-0.15, -0.1) is 0 Å². The van der Waals surface area contributed by atoms with E-state index in [9.17, 15) is 18.0 Å². The summed E-state index contributed by atoms with van der Waals surface area (Å²) in [7, 11) is -3.79. The van der Waals surface area contributed by atoms with Crippen molar-refractivity contribution in [1.82, 2.24) is 29.1 Å². The lowest BCUT2D eigenvalue weighted by Gasteiger charge is -2.35. The maximum absolute atomic E-state index is 13.3. The summed E-state index contributed by atoms with van der Waals surface area (Å²) < 4.78 is 27.9. The van der Waals surface area contributed by atoms with E-state index in [0.717, 1.165) is 36.1 Å². The highest BCUT2D eigenvalue weighted by Gasteiger charge is 2.33. The monoisotopic (exact) mass is 602 g/mol. The van der Waals surface area contributed by atoms with Gasteiger partial charge in [-0.3, -0.25) is 15.0 Å². The summed E-state index contributed by atoms with van der Waals surface area (Å²) in [4.78, 5) is 41.2. The number of fused-ring (bicyclic) bond motifs is 1. The Kier molecular flexibility index (Phi) is 8.40. The number of carbonyl (C=O) groups is 2. The number of thiazole rings is 1. The number of likely N-dealkylation sites (tertiary alicyclic amines) is 1. The molecule has 0 aliphatic carbocycles. The first-order valence-corrected chi connectivity index (χ1v) is 15.8. The number of anilines is 2. The van der Waals surface area contributed by atoms with Crippen LogP contribution in [0, 0.1) is 6.92 Å². The molecule has 3 N–H and O–H groups in total. The highest BCUT2D eigenvalue weighted by Crippen LogP contribution is 2.31. The molecule has 0 unspecified atom stereocenters.